The van der Waals surface area contributed by atoms with Crippen LogP contribution < -0.4 is 4.90 Å². The number of nitriles is 1. The van der Waals surface area contributed by atoms with Crippen LogP contribution in [0.4, 0.5) is 19.0 Å². The normalized spacial score (nSPS) is 15.0. The number of alkyl halides is 3. The predicted molar refractivity (Wildman–Crippen MR) is 124 cm³/mol. The number of hydrogen-bond donors (Lipinski definition) is 0. The first-order valence-corrected chi connectivity index (χ1v) is 11.3. The second kappa shape index (κ2) is 9.65. The molecule has 0 spiro atoms. The Kier molecular flexibility index (Phi) is 6.82. The molecule has 178 valence electrons. The van der Waals surface area contributed by atoms with E-state index in [0.717, 1.165) is 49.2 Å². The Morgan fingerprint density at radius 3 is 2.56 bits per heavy atom. The van der Waals surface area contributed by atoms with Crippen molar-refractivity contribution < 1.29 is 18.0 Å². The lowest BCUT2D eigenvalue weighted by atomic mass is 10.1. The second-order valence-electron chi connectivity index (χ2n) is 8.32. The first-order chi connectivity index (χ1) is 16.2. The lowest BCUT2D eigenvalue weighted by Crippen LogP contribution is -2.47. The Balaban J connectivity index is 1.36. The molecule has 34 heavy (non-hydrogen) atoms. The van der Waals surface area contributed by atoms with Gasteiger partial charge in [0.05, 0.1) is 21.7 Å². The summed E-state index contributed by atoms with van der Waals surface area (Å²) in [6.07, 6.45) is -1.01. The molecule has 1 aliphatic rings. The van der Waals surface area contributed by atoms with Gasteiger partial charge in [0.15, 0.2) is 5.78 Å². The first-order valence-electron chi connectivity index (χ1n) is 10.9. The van der Waals surface area contributed by atoms with Gasteiger partial charge in [0.2, 0.25) is 0 Å². The van der Waals surface area contributed by atoms with Gasteiger partial charge in [-0.25, -0.2) is 4.98 Å². The third kappa shape index (κ3) is 4.88. The van der Waals surface area contributed by atoms with Gasteiger partial charge in [-0.05, 0) is 32.0 Å². The van der Waals surface area contributed by atoms with Crippen molar-refractivity contribution in [3.8, 4) is 6.07 Å². The van der Waals surface area contributed by atoms with E-state index in [4.69, 9.17) is 11.6 Å². The summed E-state index contributed by atoms with van der Waals surface area (Å²) < 4.78 is 40.5. The maximum atomic E-state index is 12.9. The Morgan fingerprint density at radius 2 is 1.94 bits per heavy atom. The van der Waals surface area contributed by atoms with Crippen LogP contribution in [-0.4, -0.2) is 53.0 Å². The maximum absolute atomic E-state index is 12.9. The number of aromatic nitrogens is 2. The number of anilines is 1. The number of hydrogen-bond acceptors (Lipinski definition) is 5. The zero-order chi connectivity index (χ0) is 24.5. The van der Waals surface area contributed by atoms with Crippen molar-refractivity contribution in [1.82, 2.24) is 14.5 Å². The highest BCUT2D eigenvalue weighted by molar-refractivity contribution is 6.33. The molecule has 0 saturated carbocycles. The van der Waals surface area contributed by atoms with Crippen LogP contribution in [0, 0.1) is 11.3 Å². The van der Waals surface area contributed by atoms with Crippen LogP contribution in [-0.2, 0) is 12.7 Å². The number of carbonyl (C=O) groups excluding carboxylic acids is 1. The van der Waals surface area contributed by atoms with Crippen LogP contribution in [0.5, 0.6) is 0 Å². The number of rotatable bonds is 6. The van der Waals surface area contributed by atoms with Crippen LogP contribution in [0.1, 0.15) is 34.8 Å². The van der Waals surface area contributed by atoms with Crippen molar-refractivity contribution in [3.05, 3.63) is 58.4 Å². The summed E-state index contributed by atoms with van der Waals surface area (Å²) in [7, 11) is 0. The van der Waals surface area contributed by atoms with Gasteiger partial charge in [0.1, 0.15) is 11.9 Å². The van der Waals surface area contributed by atoms with Gasteiger partial charge >= 0.3 is 6.18 Å². The Hall–Kier alpha value is -3.09. The van der Waals surface area contributed by atoms with E-state index in [9.17, 15) is 23.2 Å². The first kappa shape index (κ1) is 24.0. The third-order valence-corrected chi connectivity index (χ3v) is 6.37. The Bertz CT molecular complexity index is 1260. The number of pyridine rings is 1. The zero-order valence-electron chi connectivity index (χ0n) is 18.6. The highest BCUT2D eigenvalue weighted by Gasteiger charge is 2.32. The standard InChI is InChI=1S/C24H23ClF3N5O/c1-16(34)20-15-33(22-17(13-29)4-2-5-19(20)22)7-3-6-31-8-10-32(11-9-31)23-21(25)12-18(14-30-23)24(26,27)28/h2,4-5,12,14-15H,3,6-11H2,1H3. The summed E-state index contributed by atoms with van der Waals surface area (Å²) in [6.45, 7) is 5.67. The molecular formula is C24H23ClF3N5O. The van der Waals surface area contributed by atoms with Crippen molar-refractivity contribution >= 4 is 34.1 Å². The molecule has 0 atom stereocenters. The fraction of sp³-hybridized carbons (Fsp3) is 0.375. The Labute approximate surface area is 200 Å². The van der Waals surface area contributed by atoms with E-state index in [1.165, 1.54) is 6.92 Å². The minimum absolute atomic E-state index is 0.00247. The minimum atomic E-state index is -4.47. The number of para-hydroxylation sites is 1. The summed E-state index contributed by atoms with van der Waals surface area (Å²) in [5, 5.41) is 10.3. The van der Waals surface area contributed by atoms with Gasteiger partial charge in [0.25, 0.3) is 0 Å². The number of nitrogens with zero attached hydrogens (tertiary/aromatic N) is 5. The molecule has 0 unspecified atom stereocenters. The highest BCUT2D eigenvalue weighted by Crippen LogP contribution is 2.33. The molecule has 10 heteroatoms. The van der Waals surface area contributed by atoms with Gasteiger partial charge in [0, 0.05) is 56.1 Å². The molecule has 4 rings (SSSR count). The summed E-state index contributed by atoms with van der Waals surface area (Å²) in [4.78, 5) is 20.2. The smallest absolute Gasteiger partial charge is 0.353 e. The molecule has 0 bridgehead atoms. The van der Waals surface area contributed by atoms with Crippen LogP contribution in [0.15, 0.2) is 36.7 Å². The van der Waals surface area contributed by atoms with Crippen molar-refractivity contribution in [2.24, 2.45) is 0 Å². The molecular weight excluding hydrogens is 467 g/mol. The lowest BCUT2D eigenvalue weighted by Gasteiger charge is -2.35. The number of Topliss-reactive ketones (excluding diaryl/α,β-unsaturated/α-hetero) is 1. The molecule has 6 nitrogen and oxygen atoms in total. The van der Waals surface area contributed by atoms with E-state index in [0.29, 0.717) is 36.6 Å². The minimum Gasteiger partial charge on any atom is -0.353 e. The molecule has 3 aromatic rings. The number of halogens is 4. The Morgan fingerprint density at radius 1 is 1.21 bits per heavy atom. The van der Waals surface area contributed by atoms with Crippen molar-refractivity contribution in [2.45, 2.75) is 26.1 Å². The van der Waals surface area contributed by atoms with E-state index in [1.54, 1.807) is 12.1 Å². The van der Waals surface area contributed by atoms with Gasteiger partial charge < -0.3 is 9.47 Å². The van der Waals surface area contributed by atoms with Gasteiger partial charge in [-0.1, -0.05) is 23.7 Å². The predicted octanol–water partition coefficient (Wildman–Crippen LogP) is 5.00. The summed E-state index contributed by atoms with van der Waals surface area (Å²) >= 11 is 6.09. The summed E-state index contributed by atoms with van der Waals surface area (Å²) in [5.74, 6) is 0.333. The number of piperazine rings is 1. The SMILES string of the molecule is CC(=O)c1cn(CCCN2CCN(c3ncc(C(F)(F)F)cc3Cl)CC2)c2c(C#N)cccc12. The maximum Gasteiger partial charge on any atom is 0.417 e. The van der Waals surface area contributed by atoms with Crippen LogP contribution in [0.3, 0.4) is 0 Å². The van der Waals surface area contributed by atoms with E-state index < -0.39 is 11.7 Å². The molecule has 2 aromatic heterocycles. The van der Waals surface area contributed by atoms with Crippen molar-refractivity contribution in [1.29, 1.82) is 5.26 Å². The fourth-order valence-corrected chi connectivity index (χ4v) is 4.66. The van der Waals surface area contributed by atoms with Crippen molar-refractivity contribution in [3.63, 3.8) is 0 Å². The molecule has 0 amide bonds. The van der Waals surface area contributed by atoms with E-state index in [-0.39, 0.29) is 10.8 Å². The molecule has 1 fully saturated rings. The summed E-state index contributed by atoms with van der Waals surface area (Å²) in [5.41, 5.74) is 1.08. The average molecular weight is 490 g/mol. The van der Waals surface area contributed by atoms with Gasteiger partial charge in [-0.2, -0.15) is 18.4 Å². The van der Waals surface area contributed by atoms with E-state index >= 15 is 0 Å². The second-order valence-corrected chi connectivity index (χ2v) is 8.72. The molecule has 0 aliphatic carbocycles. The quantitative estimate of drug-likeness (QED) is 0.456. The average Bonchev–Trinajstić information content (AvgIpc) is 3.18. The number of benzene rings is 1. The number of fused-ring (bicyclic) bond motifs is 1. The zero-order valence-corrected chi connectivity index (χ0v) is 19.3. The molecule has 0 N–H and O–H groups in total. The van der Waals surface area contributed by atoms with Crippen LogP contribution in [0.25, 0.3) is 10.9 Å². The largest absolute Gasteiger partial charge is 0.417 e. The fourth-order valence-electron chi connectivity index (χ4n) is 4.37. The van der Waals surface area contributed by atoms with E-state index in [1.807, 2.05) is 21.7 Å². The van der Waals surface area contributed by atoms with Crippen LogP contribution in [0.2, 0.25) is 5.02 Å². The van der Waals surface area contributed by atoms with Gasteiger partial charge in [-0.15, -0.1) is 0 Å². The number of ketones is 1. The van der Waals surface area contributed by atoms with E-state index in [2.05, 4.69) is 16.0 Å². The molecule has 3 heterocycles. The lowest BCUT2D eigenvalue weighted by molar-refractivity contribution is -0.137. The van der Waals surface area contributed by atoms with Crippen LogP contribution >= 0.6 is 11.6 Å². The molecule has 0 radical (unpaired) electrons. The molecule has 1 aliphatic heterocycles. The summed E-state index contributed by atoms with van der Waals surface area (Å²) in [6, 6.07) is 8.53. The molecule has 1 saturated heterocycles. The van der Waals surface area contributed by atoms with Crippen molar-refractivity contribution in [2.75, 3.05) is 37.6 Å². The van der Waals surface area contributed by atoms with Gasteiger partial charge in [-0.3, -0.25) is 9.69 Å². The molecule has 1 aromatic carbocycles. The monoisotopic (exact) mass is 489 g/mol. The third-order valence-electron chi connectivity index (χ3n) is 6.09. The number of carbonyl (C=O) groups is 1. The number of aryl methyl sites for hydroxylation is 1. The topological polar surface area (TPSA) is 65.2 Å². The highest BCUT2D eigenvalue weighted by atomic mass is 35.5.